The number of halogens is 1. The zero-order valence-corrected chi connectivity index (χ0v) is 16.2. The summed E-state index contributed by atoms with van der Waals surface area (Å²) in [4.78, 5) is 4.24. The molecule has 0 aliphatic rings. The maximum absolute atomic E-state index is 13.2. The van der Waals surface area contributed by atoms with E-state index in [0.717, 1.165) is 17.7 Å². The van der Waals surface area contributed by atoms with Crippen LogP contribution >= 0.6 is 11.8 Å². The largest absolute Gasteiger partial charge is 0.428 e. The molecule has 2 aromatic carbocycles. The first kappa shape index (κ1) is 18.7. The highest BCUT2D eigenvalue weighted by molar-refractivity contribution is 8.00. The van der Waals surface area contributed by atoms with Crippen molar-refractivity contribution in [1.29, 1.82) is 0 Å². The van der Waals surface area contributed by atoms with E-state index in [0.29, 0.717) is 5.56 Å². The first-order valence-electron chi connectivity index (χ1n) is 8.02. The molecule has 3 rings (SSSR count). The SMILES string of the molecule is Cc1ccc(-c2nc(S(=O)(=O)c3ccc(F)cc3)c(SC(C)C)o2)cc1. The van der Waals surface area contributed by atoms with Crippen molar-refractivity contribution in [2.24, 2.45) is 0 Å². The van der Waals surface area contributed by atoms with E-state index in [1.165, 1.54) is 23.9 Å². The lowest BCUT2D eigenvalue weighted by Gasteiger charge is -2.05. The first-order chi connectivity index (χ1) is 12.3. The Labute approximate surface area is 156 Å². The predicted molar refractivity (Wildman–Crippen MR) is 99.5 cm³/mol. The Morgan fingerprint density at radius 3 is 2.23 bits per heavy atom. The summed E-state index contributed by atoms with van der Waals surface area (Å²) >= 11 is 1.29. The number of benzene rings is 2. The number of sulfone groups is 1. The van der Waals surface area contributed by atoms with Crippen molar-refractivity contribution >= 4 is 21.6 Å². The van der Waals surface area contributed by atoms with Gasteiger partial charge in [-0.15, -0.1) is 0 Å². The molecule has 0 fully saturated rings. The Balaban J connectivity index is 2.12. The van der Waals surface area contributed by atoms with Gasteiger partial charge < -0.3 is 4.42 Å². The summed E-state index contributed by atoms with van der Waals surface area (Å²) in [5.41, 5.74) is 1.78. The van der Waals surface area contributed by atoms with Gasteiger partial charge >= 0.3 is 0 Å². The summed E-state index contributed by atoms with van der Waals surface area (Å²) in [6.07, 6.45) is 0. The highest BCUT2D eigenvalue weighted by Gasteiger charge is 2.29. The monoisotopic (exact) mass is 391 g/mol. The number of thioether (sulfide) groups is 1. The quantitative estimate of drug-likeness (QED) is 0.446. The van der Waals surface area contributed by atoms with Crippen molar-refractivity contribution in [3.63, 3.8) is 0 Å². The normalized spacial score (nSPS) is 11.9. The van der Waals surface area contributed by atoms with Crippen LogP contribution in [-0.2, 0) is 9.84 Å². The van der Waals surface area contributed by atoms with Crippen LogP contribution in [0.5, 0.6) is 0 Å². The fraction of sp³-hybridized carbons (Fsp3) is 0.211. The second kappa shape index (κ2) is 7.25. The lowest BCUT2D eigenvalue weighted by molar-refractivity contribution is 0.469. The van der Waals surface area contributed by atoms with Crippen LogP contribution in [0.15, 0.2) is 68.0 Å². The lowest BCUT2D eigenvalue weighted by Crippen LogP contribution is -2.04. The predicted octanol–water partition coefficient (Wildman–Crippen LogP) is 5.12. The fourth-order valence-electron chi connectivity index (χ4n) is 2.30. The summed E-state index contributed by atoms with van der Waals surface area (Å²) in [6.45, 7) is 5.84. The summed E-state index contributed by atoms with van der Waals surface area (Å²) < 4.78 is 44.9. The van der Waals surface area contributed by atoms with E-state index in [2.05, 4.69) is 4.98 Å². The number of rotatable bonds is 5. The molecule has 26 heavy (non-hydrogen) atoms. The molecule has 0 spiro atoms. The molecule has 1 aromatic heterocycles. The molecule has 0 amide bonds. The molecule has 0 saturated heterocycles. The molecule has 0 radical (unpaired) electrons. The maximum atomic E-state index is 13.2. The Bertz CT molecular complexity index is 1010. The van der Waals surface area contributed by atoms with Crippen LogP contribution in [0.3, 0.4) is 0 Å². The number of nitrogens with zero attached hydrogens (tertiary/aromatic N) is 1. The van der Waals surface area contributed by atoms with Crippen LogP contribution in [0.1, 0.15) is 19.4 Å². The molecule has 0 N–H and O–H groups in total. The van der Waals surface area contributed by atoms with E-state index in [1.54, 1.807) is 0 Å². The minimum Gasteiger partial charge on any atom is -0.428 e. The highest BCUT2D eigenvalue weighted by Crippen LogP contribution is 2.36. The molecule has 0 aliphatic carbocycles. The average Bonchev–Trinajstić information content (AvgIpc) is 3.00. The van der Waals surface area contributed by atoms with E-state index in [1.807, 2.05) is 45.0 Å². The molecular formula is C19H18FNO3S2. The molecular weight excluding hydrogens is 373 g/mol. The average molecular weight is 391 g/mol. The van der Waals surface area contributed by atoms with Crippen molar-refractivity contribution < 1.29 is 17.2 Å². The molecule has 0 unspecified atom stereocenters. The van der Waals surface area contributed by atoms with Gasteiger partial charge in [-0.25, -0.2) is 12.8 Å². The van der Waals surface area contributed by atoms with E-state index in [4.69, 9.17) is 4.42 Å². The first-order valence-corrected chi connectivity index (χ1v) is 10.4. The van der Waals surface area contributed by atoms with Gasteiger partial charge in [0.1, 0.15) is 5.82 Å². The topological polar surface area (TPSA) is 60.2 Å². The summed E-state index contributed by atoms with van der Waals surface area (Å²) in [7, 11) is -3.92. The van der Waals surface area contributed by atoms with Gasteiger partial charge in [0.2, 0.25) is 25.8 Å². The Morgan fingerprint density at radius 1 is 1.04 bits per heavy atom. The standard InChI is InChI=1S/C19H18FNO3S2/c1-12(2)25-19-18(26(22,23)16-10-8-15(20)9-11-16)21-17(24-19)14-6-4-13(3)5-7-14/h4-12H,1-3H3. The fourth-order valence-corrected chi connectivity index (χ4v) is 4.65. The van der Waals surface area contributed by atoms with E-state index in [-0.39, 0.29) is 26.2 Å². The van der Waals surface area contributed by atoms with Crippen LogP contribution in [0.25, 0.3) is 11.5 Å². The van der Waals surface area contributed by atoms with Crippen molar-refractivity contribution in [2.45, 2.75) is 41.0 Å². The Kier molecular flexibility index (Phi) is 5.20. The highest BCUT2D eigenvalue weighted by atomic mass is 32.2. The Hall–Kier alpha value is -2.12. The van der Waals surface area contributed by atoms with Gasteiger partial charge in [-0.2, -0.15) is 4.98 Å². The molecule has 3 aromatic rings. The van der Waals surface area contributed by atoms with Gasteiger partial charge in [-0.1, -0.05) is 43.3 Å². The van der Waals surface area contributed by atoms with Crippen molar-refractivity contribution in [3.8, 4) is 11.5 Å². The van der Waals surface area contributed by atoms with Gasteiger partial charge in [-0.3, -0.25) is 0 Å². The molecule has 7 heteroatoms. The zero-order chi connectivity index (χ0) is 18.9. The molecule has 0 bridgehead atoms. The molecule has 0 aliphatic heterocycles. The van der Waals surface area contributed by atoms with Crippen LogP contribution in [0.2, 0.25) is 0 Å². The van der Waals surface area contributed by atoms with E-state index in [9.17, 15) is 12.8 Å². The number of aromatic nitrogens is 1. The number of hydrogen-bond acceptors (Lipinski definition) is 5. The van der Waals surface area contributed by atoms with Gasteiger partial charge in [0.25, 0.3) is 0 Å². The van der Waals surface area contributed by atoms with E-state index >= 15 is 0 Å². The molecule has 1 heterocycles. The third-order valence-corrected chi connectivity index (χ3v) is 6.36. The lowest BCUT2D eigenvalue weighted by atomic mass is 10.1. The number of oxazole rings is 1. The second-order valence-electron chi connectivity index (χ2n) is 6.10. The summed E-state index contributed by atoms with van der Waals surface area (Å²) in [5, 5.41) is 0.203. The summed E-state index contributed by atoms with van der Waals surface area (Å²) in [6, 6.07) is 12.2. The Morgan fingerprint density at radius 2 is 1.65 bits per heavy atom. The van der Waals surface area contributed by atoms with Crippen LogP contribution in [-0.4, -0.2) is 18.7 Å². The van der Waals surface area contributed by atoms with Gasteiger partial charge in [-0.05, 0) is 43.3 Å². The minimum absolute atomic E-state index is 0.0201. The zero-order valence-electron chi connectivity index (χ0n) is 14.6. The maximum Gasteiger partial charge on any atom is 0.228 e. The third kappa shape index (κ3) is 3.83. The number of aryl methyl sites for hydroxylation is 1. The van der Waals surface area contributed by atoms with Crippen LogP contribution in [0.4, 0.5) is 4.39 Å². The number of hydrogen-bond donors (Lipinski definition) is 0. The third-order valence-electron chi connectivity index (χ3n) is 3.59. The van der Waals surface area contributed by atoms with Crippen molar-refractivity contribution in [1.82, 2.24) is 4.98 Å². The molecule has 0 saturated carbocycles. The van der Waals surface area contributed by atoms with Crippen molar-refractivity contribution in [3.05, 3.63) is 59.9 Å². The van der Waals surface area contributed by atoms with Gasteiger partial charge in [0, 0.05) is 10.8 Å². The smallest absolute Gasteiger partial charge is 0.228 e. The summed E-state index contributed by atoms with van der Waals surface area (Å²) in [5.74, 6) is -0.255. The molecule has 4 nitrogen and oxygen atoms in total. The molecule has 0 atom stereocenters. The molecule has 136 valence electrons. The van der Waals surface area contributed by atoms with E-state index < -0.39 is 15.7 Å². The minimum atomic E-state index is -3.92. The van der Waals surface area contributed by atoms with Gasteiger partial charge in [0.05, 0.1) is 4.90 Å². The van der Waals surface area contributed by atoms with Crippen LogP contribution < -0.4 is 0 Å². The van der Waals surface area contributed by atoms with Gasteiger partial charge in [0.15, 0.2) is 0 Å². The second-order valence-corrected chi connectivity index (χ2v) is 9.52. The van der Waals surface area contributed by atoms with Crippen molar-refractivity contribution in [2.75, 3.05) is 0 Å². The van der Waals surface area contributed by atoms with Crippen LogP contribution in [0, 0.1) is 12.7 Å².